The van der Waals surface area contributed by atoms with E-state index in [1.165, 1.54) is 36.9 Å². The molecule has 1 N–H and O–H groups in total. The maximum absolute atomic E-state index is 14.1. The molecule has 1 atom stereocenters. The molecular formula is C24H27FN4O5S. The first-order valence-corrected chi connectivity index (χ1v) is 11.9. The molecule has 1 amide bonds. The van der Waals surface area contributed by atoms with Crippen LogP contribution in [0.4, 0.5) is 20.7 Å². The molecular weight excluding hydrogens is 475 g/mol. The number of nitrogens with zero attached hydrogens (tertiary/aromatic N) is 3. The summed E-state index contributed by atoms with van der Waals surface area (Å²) in [4.78, 5) is 35.8. The number of likely N-dealkylation sites (tertiary alicyclic amines) is 1. The van der Waals surface area contributed by atoms with E-state index in [0.29, 0.717) is 51.7 Å². The molecule has 1 fully saturated rings. The molecule has 0 unspecified atom stereocenters. The van der Waals surface area contributed by atoms with Crippen molar-refractivity contribution in [3.05, 3.63) is 40.8 Å². The topological polar surface area (TPSA) is 103 Å². The molecule has 35 heavy (non-hydrogen) atoms. The minimum absolute atomic E-state index is 0.286. The summed E-state index contributed by atoms with van der Waals surface area (Å²) in [5.74, 6) is -0.163. The highest BCUT2D eigenvalue weighted by molar-refractivity contribution is 7.20. The molecule has 0 radical (unpaired) electrons. The number of hydrogen-bond acceptors (Lipinski definition) is 9. The van der Waals surface area contributed by atoms with E-state index in [-0.39, 0.29) is 11.9 Å². The monoisotopic (exact) mass is 502 g/mol. The fourth-order valence-corrected chi connectivity index (χ4v) is 4.84. The summed E-state index contributed by atoms with van der Waals surface area (Å²) in [6.07, 6.45) is 1.24. The lowest BCUT2D eigenvalue weighted by atomic mass is 10.2. The first kappa shape index (κ1) is 24.6. The summed E-state index contributed by atoms with van der Waals surface area (Å²) in [6.45, 7) is 8.04. The molecule has 4 rings (SSSR count). The van der Waals surface area contributed by atoms with Crippen LogP contribution in [0.5, 0.6) is 5.75 Å². The zero-order chi connectivity index (χ0) is 25.3. The summed E-state index contributed by atoms with van der Waals surface area (Å²) in [7, 11) is 1.33. The Labute approximate surface area is 206 Å². The number of amides is 1. The summed E-state index contributed by atoms with van der Waals surface area (Å²) in [5.41, 5.74) is 0.590. The molecule has 11 heteroatoms. The SMILES string of the molecule is COC(=O)c1sc2ncnc(Nc3ccc(F)cc3O[C@@H]3CCN(C(=O)OC(C)(C)C)C3)c2c1C. The second-order valence-corrected chi connectivity index (χ2v) is 10.2. The van der Waals surface area contributed by atoms with E-state index in [0.717, 1.165) is 0 Å². The first-order chi connectivity index (χ1) is 16.6. The minimum atomic E-state index is -0.591. The van der Waals surface area contributed by atoms with Crippen LogP contribution in [0.15, 0.2) is 24.5 Å². The average Bonchev–Trinajstić information content (AvgIpc) is 3.39. The standard InChI is InChI=1S/C24H27FN4O5S/c1-13-18-20(26-12-27-21(18)35-19(13)22(30)32-5)28-16-7-6-14(25)10-17(16)33-15-8-9-29(11-15)23(31)34-24(2,3)4/h6-7,10,12,15H,8-9,11H2,1-5H3,(H,26,27,28)/t15-/m1/s1. The van der Waals surface area contributed by atoms with Crippen LogP contribution in [0.1, 0.15) is 42.4 Å². The summed E-state index contributed by atoms with van der Waals surface area (Å²) in [6, 6.07) is 4.16. The minimum Gasteiger partial charge on any atom is -0.486 e. The van der Waals surface area contributed by atoms with Crippen molar-refractivity contribution < 1.29 is 28.2 Å². The van der Waals surface area contributed by atoms with Crippen LogP contribution in [-0.4, -0.2) is 58.8 Å². The Morgan fingerprint density at radius 1 is 1.26 bits per heavy atom. The third-order valence-electron chi connectivity index (χ3n) is 5.38. The second-order valence-electron chi connectivity index (χ2n) is 9.17. The van der Waals surface area contributed by atoms with Crippen LogP contribution in [-0.2, 0) is 9.47 Å². The number of carbonyl (C=O) groups excluding carboxylic acids is 2. The predicted molar refractivity (Wildman–Crippen MR) is 130 cm³/mol. The van der Waals surface area contributed by atoms with Crippen molar-refractivity contribution in [3.63, 3.8) is 0 Å². The smallest absolute Gasteiger partial charge is 0.410 e. The quantitative estimate of drug-likeness (QED) is 0.483. The number of thiophene rings is 1. The Bertz CT molecular complexity index is 1270. The van der Waals surface area contributed by atoms with Gasteiger partial charge in [-0.15, -0.1) is 11.3 Å². The third kappa shape index (κ3) is 5.45. The van der Waals surface area contributed by atoms with Gasteiger partial charge in [-0.2, -0.15) is 0 Å². The van der Waals surface area contributed by atoms with E-state index in [4.69, 9.17) is 14.2 Å². The number of anilines is 2. The van der Waals surface area contributed by atoms with Gasteiger partial charge in [0.1, 0.15) is 45.1 Å². The molecule has 3 heterocycles. The predicted octanol–water partition coefficient (Wildman–Crippen LogP) is 5.06. The van der Waals surface area contributed by atoms with E-state index in [1.807, 2.05) is 20.8 Å². The van der Waals surface area contributed by atoms with Crippen LogP contribution >= 0.6 is 11.3 Å². The van der Waals surface area contributed by atoms with Crippen molar-refractivity contribution >= 4 is 45.1 Å². The van der Waals surface area contributed by atoms with Gasteiger partial charge >= 0.3 is 12.1 Å². The molecule has 1 saturated heterocycles. The molecule has 0 aliphatic carbocycles. The third-order valence-corrected chi connectivity index (χ3v) is 6.56. The fourth-order valence-electron chi connectivity index (χ4n) is 3.77. The van der Waals surface area contributed by atoms with E-state index in [1.54, 1.807) is 17.9 Å². The molecule has 0 spiro atoms. The molecule has 1 aromatic carbocycles. The largest absolute Gasteiger partial charge is 0.486 e. The van der Waals surface area contributed by atoms with Crippen LogP contribution in [0.3, 0.4) is 0 Å². The number of methoxy groups -OCH3 is 1. The summed E-state index contributed by atoms with van der Waals surface area (Å²) < 4.78 is 30.5. The average molecular weight is 503 g/mol. The van der Waals surface area contributed by atoms with E-state index in [9.17, 15) is 14.0 Å². The normalized spacial score (nSPS) is 15.8. The Kier molecular flexibility index (Phi) is 6.79. The van der Waals surface area contributed by atoms with Gasteiger partial charge in [0, 0.05) is 19.0 Å². The Morgan fingerprint density at radius 3 is 2.74 bits per heavy atom. The highest BCUT2D eigenvalue weighted by Crippen LogP contribution is 2.37. The molecule has 0 bridgehead atoms. The van der Waals surface area contributed by atoms with Gasteiger partial charge in [0.15, 0.2) is 0 Å². The lowest BCUT2D eigenvalue weighted by Gasteiger charge is -2.24. The molecule has 3 aromatic rings. The van der Waals surface area contributed by atoms with Crippen molar-refractivity contribution in [1.29, 1.82) is 0 Å². The van der Waals surface area contributed by atoms with Crippen molar-refractivity contribution in [2.45, 2.75) is 45.8 Å². The number of aromatic nitrogens is 2. The number of ether oxygens (including phenoxy) is 3. The van der Waals surface area contributed by atoms with Crippen LogP contribution in [0, 0.1) is 12.7 Å². The van der Waals surface area contributed by atoms with Gasteiger partial charge in [0.05, 0.1) is 24.7 Å². The van der Waals surface area contributed by atoms with Gasteiger partial charge in [-0.05, 0) is 45.4 Å². The van der Waals surface area contributed by atoms with Crippen molar-refractivity contribution in [2.75, 3.05) is 25.5 Å². The maximum atomic E-state index is 14.1. The molecule has 0 saturated carbocycles. The summed E-state index contributed by atoms with van der Waals surface area (Å²) in [5, 5.41) is 3.87. The molecule has 1 aliphatic rings. The highest BCUT2D eigenvalue weighted by atomic mass is 32.1. The van der Waals surface area contributed by atoms with E-state index < -0.39 is 23.5 Å². The number of rotatable bonds is 5. The summed E-state index contributed by atoms with van der Waals surface area (Å²) >= 11 is 1.21. The number of benzene rings is 1. The molecule has 2 aromatic heterocycles. The van der Waals surface area contributed by atoms with Gasteiger partial charge in [0.25, 0.3) is 0 Å². The number of fused-ring (bicyclic) bond motifs is 1. The van der Waals surface area contributed by atoms with E-state index in [2.05, 4.69) is 15.3 Å². The number of carbonyl (C=O) groups is 2. The van der Waals surface area contributed by atoms with Gasteiger partial charge < -0.3 is 24.4 Å². The Morgan fingerprint density at radius 2 is 2.03 bits per heavy atom. The van der Waals surface area contributed by atoms with Gasteiger partial charge in [-0.25, -0.2) is 23.9 Å². The molecule has 9 nitrogen and oxygen atoms in total. The molecule has 1 aliphatic heterocycles. The van der Waals surface area contributed by atoms with Crippen molar-refractivity contribution in [3.8, 4) is 5.75 Å². The number of aryl methyl sites for hydroxylation is 1. The maximum Gasteiger partial charge on any atom is 0.410 e. The Balaban J connectivity index is 1.57. The zero-order valence-corrected chi connectivity index (χ0v) is 21.0. The lowest BCUT2D eigenvalue weighted by Crippen LogP contribution is -2.36. The number of esters is 1. The van der Waals surface area contributed by atoms with Gasteiger partial charge in [-0.1, -0.05) is 0 Å². The van der Waals surface area contributed by atoms with Crippen LogP contribution in [0.2, 0.25) is 0 Å². The number of nitrogens with one attached hydrogen (secondary N) is 1. The molecule has 186 valence electrons. The van der Waals surface area contributed by atoms with Gasteiger partial charge in [-0.3, -0.25) is 0 Å². The van der Waals surface area contributed by atoms with Gasteiger partial charge in [0.2, 0.25) is 0 Å². The van der Waals surface area contributed by atoms with Crippen molar-refractivity contribution in [2.24, 2.45) is 0 Å². The van der Waals surface area contributed by atoms with Crippen LogP contribution in [0.25, 0.3) is 10.2 Å². The number of halogens is 1. The van der Waals surface area contributed by atoms with Crippen LogP contribution < -0.4 is 10.1 Å². The van der Waals surface area contributed by atoms with Crippen molar-refractivity contribution in [1.82, 2.24) is 14.9 Å². The highest BCUT2D eigenvalue weighted by Gasteiger charge is 2.31. The zero-order valence-electron chi connectivity index (χ0n) is 20.2. The number of hydrogen-bond donors (Lipinski definition) is 1. The second kappa shape index (κ2) is 9.65. The first-order valence-electron chi connectivity index (χ1n) is 11.1. The Hall–Kier alpha value is -3.47. The lowest BCUT2D eigenvalue weighted by molar-refractivity contribution is 0.0275. The van der Waals surface area contributed by atoms with E-state index >= 15 is 0 Å². The fraction of sp³-hybridized carbons (Fsp3) is 0.417.